The summed E-state index contributed by atoms with van der Waals surface area (Å²) in [6.45, 7) is 4.56. The van der Waals surface area contributed by atoms with E-state index in [9.17, 15) is 0 Å². The second-order valence-electron chi connectivity index (χ2n) is 4.75. The van der Waals surface area contributed by atoms with E-state index in [1.807, 2.05) is 0 Å². The molecule has 0 N–H and O–H groups in total. The van der Waals surface area contributed by atoms with Crippen molar-refractivity contribution in [3.8, 4) is 0 Å². The average Bonchev–Trinajstić information content (AvgIpc) is 2.27. The molecular weight excluding hydrogens is 200 g/mol. The Morgan fingerprint density at radius 1 is 0.733 bits per heavy atom. The van der Waals surface area contributed by atoms with E-state index in [0.29, 0.717) is 0 Å². The van der Waals surface area contributed by atoms with E-state index in [1.54, 1.807) is 0 Å². The molecule has 0 rings (SSSR count). The SMILES string of the molecule is CCCCCCC(CS)CCCCCC. The first-order valence-electron chi connectivity index (χ1n) is 6.96. The summed E-state index contributed by atoms with van der Waals surface area (Å²) >= 11 is 4.47. The molecule has 0 aromatic carbocycles. The van der Waals surface area contributed by atoms with Crippen LogP contribution in [0.4, 0.5) is 0 Å². The molecule has 15 heavy (non-hydrogen) atoms. The minimum Gasteiger partial charge on any atom is -0.179 e. The minimum atomic E-state index is 0.891. The Hall–Kier alpha value is 0.350. The van der Waals surface area contributed by atoms with E-state index >= 15 is 0 Å². The summed E-state index contributed by atoms with van der Waals surface area (Å²) in [4.78, 5) is 0. The highest BCUT2D eigenvalue weighted by atomic mass is 32.1. The van der Waals surface area contributed by atoms with Gasteiger partial charge in [0.15, 0.2) is 0 Å². The van der Waals surface area contributed by atoms with Crippen LogP contribution in [0.25, 0.3) is 0 Å². The molecule has 92 valence electrons. The molecular formula is C14H30S. The second kappa shape index (κ2) is 12.4. The van der Waals surface area contributed by atoms with Crippen molar-refractivity contribution in [2.24, 2.45) is 5.92 Å². The summed E-state index contributed by atoms with van der Waals surface area (Å²) in [5, 5.41) is 0. The number of hydrogen-bond acceptors (Lipinski definition) is 1. The standard InChI is InChI=1S/C14H30S/c1-3-5-7-9-11-14(13-15)12-10-8-6-4-2/h14-15H,3-13H2,1-2H3. The Morgan fingerprint density at radius 2 is 1.20 bits per heavy atom. The van der Waals surface area contributed by atoms with E-state index in [0.717, 1.165) is 11.7 Å². The molecule has 0 bridgehead atoms. The van der Waals surface area contributed by atoms with Crippen molar-refractivity contribution in [1.29, 1.82) is 0 Å². The second-order valence-corrected chi connectivity index (χ2v) is 5.11. The zero-order valence-electron chi connectivity index (χ0n) is 10.8. The van der Waals surface area contributed by atoms with Gasteiger partial charge < -0.3 is 0 Å². The smallest absolute Gasteiger partial charge is 0.00695 e. The van der Waals surface area contributed by atoms with E-state index in [-0.39, 0.29) is 0 Å². The van der Waals surface area contributed by atoms with Gasteiger partial charge in [-0.25, -0.2) is 0 Å². The van der Waals surface area contributed by atoms with Crippen molar-refractivity contribution >= 4 is 12.6 Å². The maximum Gasteiger partial charge on any atom is -0.00695 e. The summed E-state index contributed by atoms with van der Waals surface area (Å²) in [6.07, 6.45) is 14.0. The minimum absolute atomic E-state index is 0.891. The lowest BCUT2D eigenvalue weighted by Gasteiger charge is -2.13. The molecule has 1 heteroatoms. The van der Waals surface area contributed by atoms with E-state index in [2.05, 4.69) is 26.5 Å². The number of unbranched alkanes of at least 4 members (excludes halogenated alkanes) is 6. The van der Waals surface area contributed by atoms with Gasteiger partial charge in [-0.2, -0.15) is 12.6 Å². The van der Waals surface area contributed by atoms with Crippen LogP contribution in [-0.4, -0.2) is 5.75 Å². The van der Waals surface area contributed by atoms with Gasteiger partial charge in [0.05, 0.1) is 0 Å². The van der Waals surface area contributed by atoms with Crippen LogP contribution in [0.2, 0.25) is 0 Å². The lowest BCUT2D eigenvalue weighted by molar-refractivity contribution is 0.443. The summed E-state index contributed by atoms with van der Waals surface area (Å²) in [6, 6.07) is 0. The van der Waals surface area contributed by atoms with Crippen LogP contribution >= 0.6 is 12.6 Å². The molecule has 0 aromatic heterocycles. The molecule has 0 heterocycles. The predicted molar refractivity (Wildman–Crippen MR) is 74.9 cm³/mol. The lowest BCUT2D eigenvalue weighted by Crippen LogP contribution is -2.02. The van der Waals surface area contributed by atoms with Crippen molar-refractivity contribution in [3.05, 3.63) is 0 Å². The number of hydrogen-bond donors (Lipinski definition) is 1. The number of thiol groups is 1. The zero-order valence-corrected chi connectivity index (χ0v) is 11.7. The Morgan fingerprint density at radius 3 is 1.53 bits per heavy atom. The zero-order chi connectivity index (χ0) is 11.4. The van der Waals surface area contributed by atoms with Gasteiger partial charge in [-0.3, -0.25) is 0 Å². The molecule has 0 nitrogen and oxygen atoms in total. The maximum atomic E-state index is 4.47. The molecule has 0 amide bonds. The van der Waals surface area contributed by atoms with E-state index in [4.69, 9.17) is 0 Å². The highest BCUT2D eigenvalue weighted by Gasteiger charge is 2.05. The van der Waals surface area contributed by atoms with Crippen LogP contribution in [0, 0.1) is 5.92 Å². The first kappa shape index (κ1) is 15.3. The molecule has 0 aliphatic heterocycles. The van der Waals surface area contributed by atoms with Gasteiger partial charge in [0.2, 0.25) is 0 Å². The highest BCUT2D eigenvalue weighted by molar-refractivity contribution is 7.80. The summed E-state index contributed by atoms with van der Waals surface area (Å²) in [7, 11) is 0. The molecule has 0 aromatic rings. The van der Waals surface area contributed by atoms with Gasteiger partial charge in [-0.1, -0.05) is 65.2 Å². The fourth-order valence-corrected chi connectivity index (χ4v) is 2.41. The lowest BCUT2D eigenvalue weighted by atomic mass is 9.96. The molecule has 0 saturated heterocycles. The topological polar surface area (TPSA) is 0 Å². The van der Waals surface area contributed by atoms with Crippen LogP contribution in [-0.2, 0) is 0 Å². The Balaban J connectivity index is 3.29. The molecule has 0 atom stereocenters. The first-order chi connectivity index (χ1) is 7.35. The van der Waals surface area contributed by atoms with Crippen LogP contribution in [0.1, 0.15) is 78.1 Å². The van der Waals surface area contributed by atoms with Gasteiger partial charge in [-0.15, -0.1) is 0 Å². The summed E-state index contributed by atoms with van der Waals surface area (Å²) in [5.41, 5.74) is 0. The van der Waals surface area contributed by atoms with E-state index in [1.165, 1.54) is 64.2 Å². The molecule has 0 aliphatic rings. The van der Waals surface area contributed by atoms with Crippen molar-refractivity contribution in [2.75, 3.05) is 5.75 Å². The highest BCUT2D eigenvalue weighted by Crippen LogP contribution is 2.19. The van der Waals surface area contributed by atoms with Gasteiger partial charge in [0.25, 0.3) is 0 Å². The molecule has 0 aliphatic carbocycles. The van der Waals surface area contributed by atoms with Crippen LogP contribution in [0.5, 0.6) is 0 Å². The van der Waals surface area contributed by atoms with Crippen LogP contribution < -0.4 is 0 Å². The fourth-order valence-electron chi connectivity index (χ4n) is 2.05. The number of rotatable bonds is 11. The van der Waals surface area contributed by atoms with Crippen molar-refractivity contribution in [2.45, 2.75) is 78.1 Å². The Bertz CT molecular complexity index is 99.9. The Kier molecular flexibility index (Phi) is 12.7. The summed E-state index contributed by atoms with van der Waals surface area (Å²) in [5.74, 6) is 1.99. The van der Waals surface area contributed by atoms with Crippen molar-refractivity contribution < 1.29 is 0 Å². The van der Waals surface area contributed by atoms with Gasteiger partial charge in [-0.05, 0) is 24.5 Å². The maximum absolute atomic E-state index is 4.47. The molecule has 0 fully saturated rings. The van der Waals surface area contributed by atoms with Crippen LogP contribution in [0.15, 0.2) is 0 Å². The first-order valence-corrected chi connectivity index (χ1v) is 7.59. The molecule has 0 saturated carbocycles. The normalized spacial score (nSPS) is 11.2. The monoisotopic (exact) mass is 230 g/mol. The summed E-state index contributed by atoms with van der Waals surface area (Å²) < 4.78 is 0. The molecule has 0 unspecified atom stereocenters. The molecule has 0 radical (unpaired) electrons. The Labute approximate surface area is 103 Å². The quantitative estimate of drug-likeness (QED) is 0.353. The average molecular weight is 230 g/mol. The largest absolute Gasteiger partial charge is 0.179 e. The van der Waals surface area contributed by atoms with Crippen LogP contribution in [0.3, 0.4) is 0 Å². The third kappa shape index (κ3) is 10.6. The predicted octanol–water partition coefficient (Wildman–Crippen LogP) is 5.47. The van der Waals surface area contributed by atoms with Crippen molar-refractivity contribution in [1.82, 2.24) is 0 Å². The molecule has 0 spiro atoms. The van der Waals surface area contributed by atoms with Gasteiger partial charge in [0, 0.05) is 0 Å². The third-order valence-electron chi connectivity index (χ3n) is 3.19. The fraction of sp³-hybridized carbons (Fsp3) is 1.00. The van der Waals surface area contributed by atoms with Crippen molar-refractivity contribution in [3.63, 3.8) is 0 Å². The van der Waals surface area contributed by atoms with Gasteiger partial charge in [0.1, 0.15) is 0 Å². The van der Waals surface area contributed by atoms with Gasteiger partial charge >= 0.3 is 0 Å². The third-order valence-corrected chi connectivity index (χ3v) is 3.71. The van der Waals surface area contributed by atoms with E-state index < -0.39 is 0 Å².